The van der Waals surface area contributed by atoms with Gasteiger partial charge in [-0.15, -0.1) is 0 Å². The molecule has 3 aromatic rings. The molecule has 0 radical (unpaired) electrons. The predicted octanol–water partition coefficient (Wildman–Crippen LogP) is 1.89. The van der Waals surface area contributed by atoms with Gasteiger partial charge in [-0.05, 0) is 55.2 Å². The Bertz CT molecular complexity index is 924. The van der Waals surface area contributed by atoms with Gasteiger partial charge in [-0.3, -0.25) is 4.79 Å². The second-order valence-corrected chi connectivity index (χ2v) is 6.94. The topological polar surface area (TPSA) is 102 Å². The fraction of sp³-hybridized carbons (Fsp3) is 0.300. The minimum atomic E-state index is -0.0654. The van der Waals surface area contributed by atoms with Crippen molar-refractivity contribution in [3.05, 3.63) is 60.6 Å². The number of nitrogens with two attached hydrogens (primary N) is 1. The summed E-state index contributed by atoms with van der Waals surface area (Å²) in [6.07, 6.45) is 7.38. The molecule has 8 heteroatoms. The van der Waals surface area contributed by atoms with Crippen LogP contribution in [0, 0.1) is 5.92 Å². The van der Waals surface area contributed by atoms with E-state index in [1.54, 1.807) is 23.1 Å². The minimum Gasteiger partial charge on any atom is -0.384 e. The van der Waals surface area contributed by atoms with Crippen LogP contribution in [0.25, 0.3) is 5.69 Å². The van der Waals surface area contributed by atoms with Crippen LogP contribution in [0.1, 0.15) is 23.2 Å². The highest BCUT2D eigenvalue weighted by Crippen LogP contribution is 2.20. The zero-order valence-electron chi connectivity index (χ0n) is 15.5. The molecule has 28 heavy (non-hydrogen) atoms. The monoisotopic (exact) mass is 377 g/mol. The molecule has 3 N–H and O–H groups in total. The normalized spacial score (nSPS) is 16.7. The average Bonchev–Trinajstić information content (AvgIpc) is 3.27. The van der Waals surface area contributed by atoms with Crippen LogP contribution in [0.3, 0.4) is 0 Å². The Morgan fingerprint density at radius 2 is 2.07 bits per heavy atom. The number of nitrogen functional groups attached to an aromatic ring is 1. The molecule has 1 unspecified atom stereocenters. The molecule has 1 fully saturated rings. The van der Waals surface area contributed by atoms with Gasteiger partial charge in [0.1, 0.15) is 5.82 Å². The Morgan fingerprint density at radius 3 is 2.82 bits per heavy atom. The van der Waals surface area contributed by atoms with Gasteiger partial charge in [-0.2, -0.15) is 10.1 Å². The number of piperidine rings is 1. The average molecular weight is 377 g/mol. The zero-order valence-corrected chi connectivity index (χ0v) is 15.5. The first-order valence-corrected chi connectivity index (χ1v) is 9.41. The highest BCUT2D eigenvalue weighted by Gasteiger charge is 2.22. The number of carbonyl (C=O) groups excluding carboxylic acids is 1. The van der Waals surface area contributed by atoms with E-state index in [9.17, 15) is 4.79 Å². The third-order valence-corrected chi connectivity index (χ3v) is 4.92. The second-order valence-electron chi connectivity index (χ2n) is 6.94. The molecule has 1 aromatic carbocycles. The number of benzene rings is 1. The summed E-state index contributed by atoms with van der Waals surface area (Å²) >= 11 is 0. The van der Waals surface area contributed by atoms with E-state index in [-0.39, 0.29) is 5.91 Å². The summed E-state index contributed by atoms with van der Waals surface area (Å²) in [4.78, 5) is 23.2. The molecule has 4 rings (SSSR count). The highest BCUT2D eigenvalue weighted by molar-refractivity contribution is 5.94. The van der Waals surface area contributed by atoms with E-state index in [1.165, 1.54) is 0 Å². The van der Waals surface area contributed by atoms with E-state index < -0.39 is 0 Å². The van der Waals surface area contributed by atoms with Crippen molar-refractivity contribution in [1.82, 2.24) is 25.1 Å². The summed E-state index contributed by atoms with van der Waals surface area (Å²) < 4.78 is 1.76. The largest absolute Gasteiger partial charge is 0.384 e. The fourth-order valence-corrected chi connectivity index (χ4v) is 3.45. The first-order valence-electron chi connectivity index (χ1n) is 9.41. The van der Waals surface area contributed by atoms with Gasteiger partial charge in [-0.25, -0.2) is 9.67 Å². The van der Waals surface area contributed by atoms with Crippen LogP contribution in [-0.4, -0.2) is 45.3 Å². The van der Waals surface area contributed by atoms with Crippen LogP contribution < -0.4 is 16.0 Å². The summed E-state index contributed by atoms with van der Waals surface area (Å²) in [5, 5.41) is 7.24. The summed E-state index contributed by atoms with van der Waals surface area (Å²) in [6, 6.07) is 11.0. The molecule has 3 heterocycles. The molecule has 1 saturated heterocycles. The Kier molecular flexibility index (Phi) is 5.18. The van der Waals surface area contributed by atoms with Crippen molar-refractivity contribution in [1.29, 1.82) is 0 Å². The van der Waals surface area contributed by atoms with E-state index in [1.807, 2.05) is 36.5 Å². The van der Waals surface area contributed by atoms with Crippen LogP contribution in [0.5, 0.6) is 0 Å². The lowest BCUT2D eigenvalue weighted by molar-refractivity contribution is 0.0945. The number of amides is 1. The standard InChI is InChI=1S/C20H23N7O/c21-18-8-10-22-20(25-18)26-11-1-3-15(14-26)13-23-19(28)16-4-6-17(7-5-16)27-12-2-9-24-27/h2,4-10,12,15H,1,3,11,13-14H2,(H,23,28)(H2,21,22,25). The molecule has 1 aliphatic heterocycles. The van der Waals surface area contributed by atoms with Gasteiger partial charge >= 0.3 is 0 Å². The molecule has 0 saturated carbocycles. The number of nitrogens with one attached hydrogen (secondary N) is 1. The molecule has 2 aromatic heterocycles. The molecular weight excluding hydrogens is 354 g/mol. The lowest BCUT2D eigenvalue weighted by atomic mass is 9.98. The third-order valence-electron chi connectivity index (χ3n) is 4.92. The number of hydrogen-bond donors (Lipinski definition) is 2. The van der Waals surface area contributed by atoms with E-state index in [2.05, 4.69) is 25.3 Å². The van der Waals surface area contributed by atoms with Crippen molar-refractivity contribution < 1.29 is 4.79 Å². The molecule has 0 aliphatic carbocycles. The molecule has 0 bridgehead atoms. The lowest BCUT2D eigenvalue weighted by Crippen LogP contribution is -2.41. The third kappa shape index (κ3) is 4.11. The summed E-state index contributed by atoms with van der Waals surface area (Å²) in [5.41, 5.74) is 7.33. The molecule has 8 nitrogen and oxygen atoms in total. The van der Waals surface area contributed by atoms with E-state index >= 15 is 0 Å². The van der Waals surface area contributed by atoms with E-state index in [0.717, 1.165) is 31.6 Å². The zero-order chi connectivity index (χ0) is 19.3. The molecule has 1 amide bonds. The maximum Gasteiger partial charge on any atom is 0.251 e. The van der Waals surface area contributed by atoms with Crippen LogP contribution >= 0.6 is 0 Å². The van der Waals surface area contributed by atoms with Gasteiger partial charge in [0.25, 0.3) is 5.91 Å². The number of anilines is 2. The second kappa shape index (κ2) is 8.08. The smallest absolute Gasteiger partial charge is 0.251 e. The van der Waals surface area contributed by atoms with Crippen molar-refractivity contribution in [3.63, 3.8) is 0 Å². The number of nitrogens with zero attached hydrogens (tertiary/aromatic N) is 5. The summed E-state index contributed by atoms with van der Waals surface area (Å²) in [7, 11) is 0. The SMILES string of the molecule is Nc1ccnc(N2CCCC(CNC(=O)c3ccc(-n4cccn4)cc3)C2)n1. The van der Waals surface area contributed by atoms with Crippen molar-refractivity contribution >= 4 is 17.7 Å². The minimum absolute atomic E-state index is 0.0654. The van der Waals surface area contributed by atoms with Crippen molar-refractivity contribution in [3.8, 4) is 5.69 Å². The van der Waals surface area contributed by atoms with E-state index in [4.69, 9.17) is 5.73 Å². The molecule has 1 aliphatic rings. The van der Waals surface area contributed by atoms with Gasteiger partial charge in [-0.1, -0.05) is 0 Å². The Balaban J connectivity index is 1.33. The van der Waals surface area contributed by atoms with Gasteiger partial charge < -0.3 is 16.0 Å². The Labute approximate surface area is 163 Å². The Morgan fingerprint density at radius 1 is 1.21 bits per heavy atom. The highest BCUT2D eigenvalue weighted by atomic mass is 16.1. The van der Waals surface area contributed by atoms with Crippen LogP contribution in [-0.2, 0) is 0 Å². The number of rotatable bonds is 5. The maximum absolute atomic E-state index is 12.5. The van der Waals surface area contributed by atoms with E-state index in [0.29, 0.717) is 29.8 Å². The molecular formula is C20H23N7O. The van der Waals surface area contributed by atoms with Crippen molar-refractivity contribution in [2.24, 2.45) is 5.92 Å². The van der Waals surface area contributed by atoms with Crippen LogP contribution in [0.4, 0.5) is 11.8 Å². The number of carbonyl (C=O) groups is 1. The quantitative estimate of drug-likeness (QED) is 0.704. The predicted molar refractivity (Wildman–Crippen MR) is 107 cm³/mol. The van der Waals surface area contributed by atoms with Gasteiger partial charge in [0.15, 0.2) is 0 Å². The lowest BCUT2D eigenvalue weighted by Gasteiger charge is -2.32. The molecule has 1 atom stereocenters. The van der Waals surface area contributed by atoms with Crippen LogP contribution in [0.15, 0.2) is 55.0 Å². The number of aromatic nitrogens is 4. The fourth-order valence-electron chi connectivity index (χ4n) is 3.45. The molecule has 0 spiro atoms. The van der Waals surface area contributed by atoms with Gasteiger partial charge in [0.2, 0.25) is 5.95 Å². The van der Waals surface area contributed by atoms with Crippen molar-refractivity contribution in [2.45, 2.75) is 12.8 Å². The first-order chi connectivity index (χ1) is 13.7. The van der Waals surface area contributed by atoms with Crippen molar-refractivity contribution in [2.75, 3.05) is 30.3 Å². The van der Waals surface area contributed by atoms with Gasteiger partial charge in [0.05, 0.1) is 5.69 Å². The Hall–Kier alpha value is -3.42. The first kappa shape index (κ1) is 18.0. The van der Waals surface area contributed by atoms with Gasteiger partial charge in [0, 0.05) is 43.8 Å². The maximum atomic E-state index is 12.5. The van der Waals surface area contributed by atoms with Crippen LogP contribution in [0.2, 0.25) is 0 Å². The molecule has 144 valence electrons. The summed E-state index contributed by atoms with van der Waals surface area (Å²) in [6.45, 7) is 2.34. The number of hydrogen-bond acceptors (Lipinski definition) is 6. The summed E-state index contributed by atoms with van der Waals surface area (Å²) in [5.74, 6) is 1.42.